The van der Waals surface area contributed by atoms with Crippen molar-refractivity contribution in [1.82, 2.24) is 0 Å². The van der Waals surface area contributed by atoms with E-state index in [1.165, 1.54) is 6.92 Å². The summed E-state index contributed by atoms with van der Waals surface area (Å²) in [5.41, 5.74) is 2.51. The van der Waals surface area contributed by atoms with Gasteiger partial charge in [0, 0.05) is 17.0 Å². The topological polar surface area (TPSA) is 44.8 Å². The van der Waals surface area contributed by atoms with Crippen molar-refractivity contribution in [2.24, 2.45) is 5.92 Å². The first kappa shape index (κ1) is 25.8. The van der Waals surface area contributed by atoms with Crippen LogP contribution >= 0.6 is 0 Å². The van der Waals surface area contributed by atoms with Crippen molar-refractivity contribution in [3.05, 3.63) is 113 Å². The second kappa shape index (κ2) is 12.1. The van der Waals surface area contributed by atoms with Gasteiger partial charge in [0.25, 0.3) is 0 Å². The highest BCUT2D eigenvalue weighted by atomic mass is 19.1. The summed E-state index contributed by atoms with van der Waals surface area (Å²) in [7, 11) is 0. The molecule has 0 amide bonds. The predicted octanol–water partition coefficient (Wildman–Crippen LogP) is 7.14. The highest BCUT2D eigenvalue weighted by Crippen LogP contribution is 2.39. The minimum absolute atomic E-state index is 0.0425. The third kappa shape index (κ3) is 5.92. The Labute approximate surface area is 212 Å². The number of benzene rings is 3. The van der Waals surface area contributed by atoms with Crippen LogP contribution in [0.15, 0.2) is 90.7 Å². The van der Waals surface area contributed by atoms with E-state index in [2.05, 4.69) is 6.92 Å². The van der Waals surface area contributed by atoms with Crippen molar-refractivity contribution >= 4 is 11.6 Å². The van der Waals surface area contributed by atoms with Crippen LogP contribution in [-0.2, 0) is 27.4 Å². The Kier molecular flexibility index (Phi) is 8.68. The summed E-state index contributed by atoms with van der Waals surface area (Å²) in [6.07, 6.45) is -0.805. The summed E-state index contributed by atoms with van der Waals surface area (Å²) in [4.78, 5) is 12.3. The van der Waals surface area contributed by atoms with E-state index >= 15 is 4.39 Å². The lowest BCUT2D eigenvalue weighted by Gasteiger charge is -2.42. The number of ether oxygens (including phenoxy) is 3. The molecule has 0 N–H and O–H groups in total. The lowest BCUT2D eigenvalue weighted by molar-refractivity contribution is -0.167. The van der Waals surface area contributed by atoms with Gasteiger partial charge in [-0.15, -0.1) is 0 Å². The van der Waals surface area contributed by atoms with Gasteiger partial charge in [0.1, 0.15) is 12.2 Å². The van der Waals surface area contributed by atoms with Crippen LogP contribution in [0, 0.1) is 5.92 Å². The van der Waals surface area contributed by atoms with Gasteiger partial charge in [0.2, 0.25) is 0 Å². The molecule has 4 atom stereocenters. The van der Waals surface area contributed by atoms with E-state index in [0.717, 1.165) is 11.1 Å². The fourth-order valence-corrected chi connectivity index (χ4v) is 4.66. The average Bonchev–Trinajstić information content (AvgIpc) is 2.92. The Morgan fingerprint density at radius 2 is 1.36 bits per heavy atom. The van der Waals surface area contributed by atoms with Gasteiger partial charge in [-0.2, -0.15) is 0 Å². The zero-order valence-electron chi connectivity index (χ0n) is 21.0. The molecule has 5 heteroatoms. The smallest absolute Gasteiger partial charge is 0.171 e. The first-order chi connectivity index (χ1) is 17.5. The normalized spacial score (nSPS) is 23.1. The summed E-state index contributed by atoms with van der Waals surface area (Å²) in [6.45, 7) is 6.15. The maximum atomic E-state index is 16.3. The summed E-state index contributed by atoms with van der Waals surface area (Å²) >= 11 is 0. The van der Waals surface area contributed by atoms with E-state index in [4.69, 9.17) is 14.2 Å². The summed E-state index contributed by atoms with van der Waals surface area (Å²) < 4.78 is 35.3. The molecule has 0 saturated carbocycles. The Balaban J connectivity index is 1.74. The second-order valence-electron chi connectivity index (χ2n) is 9.18. The van der Waals surface area contributed by atoms with Gasteiger partial charge in [-0.25, -0.2) is 4.39 Å². The molecule has 1 fully saturated rings. The maximum Gasteiger partial charge on any atom is 0.171 e. The molecule has 0 aromatic heterocycles. The van der Waals surface area contributed by atoms with Crippen LogP contribution in [0.1, 0.15) is 54.2 Å². The van der Waals surface area contributed by atoms with E-state index < -0.39 is 18.0 Å². The monoisotopic (exact) mass is 488 g/mol. The molecule has 4 rings (SSSR count). The standard InChI is InChI=1S/C31H33FO4/c1-4-27-21(2)29(34-19-23-13-7-5-8-14-23)31(35-20-24-15-9-6-10-16-24)30(36-27)28(32)26-18-12-11-17-25(26)22(3)33/h5-18,21,27,29,31H,4,19-20H2,1-3H3/b30-28-/t21-,27-,29+,31-/m1/s1. The van der Waals surface area contributed by atoms with Crippen LogP contribution < -0.4 is 0 Å². The summed E-state index contributed by atoms with van der Waals surface area (Å²) in [5.74, 6) is -0.754. The molecular weight excluding hydrogens is 455 g/mol. The van der Waals surface area contributed by atoms with Crippen LogP contribution in [0.4, 0.5) is 4.39 Å². The molecule has 1 heterocycles. The van der Waals surface area contributed by atoms with Crippen molar-refractivity contribution in [3.8, 4) is 0 Å². The Morgan fingerprint density at radius 3 is 1.92 bits per heavy atom. The number of halogens is 1. The fraction of sp³-hybridized carbons (Fsp3) is 0.323. The fourth-order valence-electron chi connectivity index (χ4n) is 4.66. The Morgan fingerprint density at radius 1 is 0.833 bits per heavy atom. The predicted molar refractivity (Wildman–Crippen MR) is 139 cm³/mol. The van der Waals surface area contributed by atoms with Crippen molar-refractivity contribution in [3.63, 3.8) is 0 Å². The zero-order valence-corrected chi connectivity index (χ0v) is 21.0. The first-order valence-electron chi connectivity index (χ1n) is 12.5. The van der Waals surface area contributed by atoms with Gasteiger partial charge < -0.3 is 14.2 Å². The lowest BCUT2D eigenvalue weighted by atomic mass is 9.87. The second-order valence-corrected chi connectivity index (χ2v) is 9.18. The SMILES string of the molecule is CC[C@H]1O/C(=C(\F)c2ccccc2C(C)=O)[C@H](OCc2ccccc2)[C@@H](OCc2ccccc2)[C@@H]1C. The van der Waals surface area contributed by atoms with Gasteiger partial charge in [-0.3, -0.25) is 4.79 Å². The van der Waals surface area contributed by atoms with Gasteiger partial charge in [0.05, 0.1) is 19.3 Å². The van der Waals surface area contributed by atoms with Crippen LogP contribution in [0.25, 0.3) is 5.83 Å². The summed E-state index contributed by atoms with van der Waals surface area (Å²) in [5, 5.41) is 0. The zero-order chi connectivity index (χ0) is 25.5. The number of rotatable bonds is 9. The molecular formula is C31H33FO4. The minimum Gasteiger partial charge on any atom is -0.488 e. The van der Waals surface area contributed by atoms with Crippen LogP contribution in [0.2, 0.25) is 0 Å². The quantitative estimate of drug-likeness (QED) is 0.300. The third-order valence-corrected chi connectivity index (χ3v) is 6.66. The van der Waals surface area contributed by atoms with E-state index in [-0.39, 0.29) is 35.7 Å². The van der Waals surface area contributed by atoms with E-state index in [0.29, 0.717) is 18.6 Å². The number of Topliss-reactive ketones (excluding diaryl/α,β-unsaturated/α-hetero) is 1. The molecule has 0 unspecified atom stereocenters. The van der Waals surface area contributed by atoms with Crippen LogP contribution in [0.3, 0.4) is 0 Å². The first-order valence-corrected chi connectivity index (χ1v) is 12.5. The van der Waals surface area contributed by atoms with Gasteiger partial charge in [0.15, 0.2) is 17.4 Å². The molecule has 1 saturated heterocycles. The van der Waals surface area contributed by atoms with E-state index in [1.54, 1.807) is 24.3 Å². The average molecular weight is 489 g/mol. The Bertz CT molecular complexity index is 1180. The Hall–Kier alpha value is -3.28. The molecule has 1 aliphatic rings. The van der Waals surface area contributed by atoms with Crippen molar-refractivity contribution in [2.75, 3.05) is 0 Å². The third-order valence-electron chi connectivity index (χ3n) is 6.66. The highest BCUT2D eigenvalue weighted by molar-refractivity contribution is 5.98. The molecule has 3 aromatic carbocycles. The largest absolute Gasteiger partial charge is 0.488 e. The number of carbonyl (C=O) groups excluding carboxylic acids is 1. The summed E-state index contributed by atoms with van der Waals surface area (Å²) in [6, 6.07) is 26.3. The molecule has 0 bridgehead atoms. The lowest BCUT2D eigenvalue weighted by Crippen LogP contribution is -2.49. The maximum absolute atomic E-state index is 16.3. The molecule has 0 spiro atoms. The highest BCUT2D eigenvalue weighted by Gasteiger charge is 2.44. The van der Waals surface area contributed by atoms with Gasteiger partial charge >= 0.3 is 0 Å². The molecule has 0 aliphatic carbocycles. The van der Waals surface area contributed by atoms with Crippen LogP contribution in [-0.4, -0.2) is 24.1 Å². The van der Waals surface area contributed by atoms with E-state index in [9.17, 15) is 4.79 Å². The molecule has 1 aliphatic heterocycles. The molecule has 36 heavy (non-hydrogen) atoms. The number of hydrogen-bond acceptors (Lipinski definition) is 4. The number of carbonyl (C=O) groups is 1. The van der Waals surface area contributed by atoms with Crippen molar-refractivity contribution < 1.29 is 23.4 Å². The van der Waals surface area contributed by atoms with Crippen molar-refractivity contribution in [1.29, 1.82) is 0 Å². The van der Waals surface area contributed by atoms with E-state index in [1.807, 2.05) is 67.6 Å². The molecule has 3 aromatic rings. The van der Waals surface area contributed by atoms with Crippen LogP contribution in [0.5, 0.6) is 0 Å². The number of hydrogen-bond donors (Lipinski definition) is 0. The van der Waals surface area contributed by atoms with Crippen molar-refractivity contribution in [2.45, 2.75) is 58.7 Å². The molecule has 0 radical (unpaired) electrons. The van der Waals surface area contributed by atoms with Gasteiger partial charge in [-0.1, -0.05) is 98.8 Å². The molecule has 188 valence electrons. The minimum atomic E-state index is -0.785. The molecule has 4 nitrogen and oxygen atoms in total. The van der Waals surface area contributed by atoms with Gasteiger partial charge in [-0.05, 0) is 24.5 Å². The number of ketones is 1.